The third-order valence-electron chi connectivity index (χ3n) is 3.22. The molecule has 0 aliphatic carbocycles. The topological polar surface area (TPSA) is 59.6 Å². The SMILES string of the molecule is COC(=O)C(NC(C)CC1COCCN1)C(C)C. The average molecular weight is 258 g/mol. The minimum Gasteiger partial charge on any atom is -0.468 e. The summed E-state index contributed by atoms with van der Waals surface area (Å²) in [7, 11) is 1.43. The van der Waals surface area contributed by atoms with Crippen LogP contribution in [0.3, 0.4) is 0 Å². The van der Waals surface area contributed by atoms with Crippen molar-refractivity contribution in [3.8, 4) is 0 Å². The van der Waals surface area contributed by atoms with Crippen molar-refractivity contribution >= 4 is 5.97 Å². The molecule has 18 heavy (non-hydrogen) atoms. The van der Waals surface area contributed by atoms with Crippen LogP contribution in [0.4, 0.5) is 0 Å². The lowest BCUT2D eigenvalue weighted by Gasteiger charge is -2.29. The van der Waals surface area contributed by atoms with Gasteiger partial charge >= 0.3 is 5.97 Å². The van der Waals surface area contributed by atoms with E-state index >= 15 is 0 Å². The van der Waals surface area contributed by atoms with Gasteiger partial charge in [-0.25, -0.2) is 0 Å². The first-order valence-electron chi connectivity index (χ1n) is 6.69. The Kier molecular flexibility index (Phi) is 6.60. The Balaban J connectivity index is 2.40. The molecule has 1 fully saturated rings. The summed E-state index contributed by atoms with van der Waals surface area (Å²) < 4.78 is 10.2. The molecular formula is C13H26N2O3. The molecule has 5 heteroatoms. The maximum absolute atomic E-state index is 11.7. The highest BCUT2D eigenvalue weighted by Crippen LogP contribution is 2.08. The quantitative estimate of drug-likeness (QED) is 0.681. The van der Waals surface area contributed by atoms with Gasteiger partial charge in [-0.2, -0.15) is 0 Å². The Hall–Kier alpha value is -0.650. The van der Waals surface area contributed by atoms with Crippen LogP contribution in [0.15, 0.2) is 0 Å². The van der Waals surface area contributed by atoms with Gasteiger partial charge in [-0.1, -0.05) is 13.8 Å². The van der Waals surface area contributed by atoms with Gasteiger partial charge in [0, 0.05) is 18.6 Å². The summed E-state index contributed by atoms with van der Waals surface area (Å²) in [6, 6.07) is 0.372. The Morgan fingerprint density at radius 1 is 1.50 bits per heavy atom. The maximum Gasteiger partial charge on any atom is 0.323 e. The zero-order valence-electron chi connectivity index (χ0n) is 11.9. The molecule has 2 N–H and O–H groups in total. The largest absolute Gasteiger partial charge is 0.468 e. The van der Waals surface area contributed by atoms with Crippen LogP contribution >= 0.6 is 0 Å². The minimum absolute atomic E-state index is 0.190. The van der Waals surface area contributed by atoms with Gasteiger partial charge in [0.05, 0.1) is 20.3 Å². The van der Waals surface area contributed by atoms with Crippen LogP contribution in [0.1, 0.15) is 27.2 Å². The number of rotatable bonds is 6. The van der Waals surface area contributed by atoms with Crippen molar-refractivity contribution in [1.29, 1.82) is 0 Å². The van der Waals surface area contributed by atoms with E-state index in [1.807, 2.05) is 13.8 Å². The summed E-state index contributed by atoms with van der Waals surface area (Å²) >= 11 is 0. The summed E-state index contributed by atoms with van der Waals surface area (Å²) in [6.45, 7) is 8.56. The first-order valence-corrected chi connectivity index (χ1v) is 6.69. The first kappa shape index (κ1) is 15.4. The number of ether oxygens (including phenoxy) is 2. The Morgan fingerprint density at radius 2 is 2.22 bits per heavy atom. The fourth-order valence-electron chi connectivity index (χ4n) is 2.23. The highest BCUT2D eigenvalue weighted by atomic mass is 16.5. The van der Waals surface area contributed by atoms with Gasteiger partial charge in [-0.15, -0.1) is 0 Å². The summed E-state index contributed by atoms with van der Waals surface area (Å²) in [5.41, 5.74) is 0. The van der Waals surface area contributed by atoms with Crippen LogP contribution in [-0.4, -0.2) is 51.0 Å². The van der Waals surface area contributed by atoms with Crippen molar-refractivity contribution in [2.24, 2.45) is 5.92 Å². The number of methoxy groups -OCH3 is 1. The number of carbonyl (C=O) groups excluding carboxylic acids is 1. The van der Waals surface area contributed by atoms with E-state index in [-0.39, 0.29) is 24.0 Å². The third-order valence-corrected chi connectivity index (χ3v) is 3.22. The Morgan fingerprint density at radius 3 is 2.72 bits per heavy atom. The number of hydrogen-bond donors (Lipinski definition) is 2. The van der Waals surface area contributed by atoms with E-state index in [2.05, 4.69) is 17.6 Å². The summed E-state index contributed by atoms with van der Waals surface area (Å²) in [4.78, 5) is 11.7. The molecule has 0 radical (unpaired) electrons. The molecule has 0 amide bonds. The minimum atomic E-state index is -0.241. The molecule has 3 atom stereocenters. The second-order valence-corrected chi connectivity index (χ2v) is 5.27. The molecule has 0 aromatic rings. The van der Waals surface area contributed by atoms with E-state index in [1.54, 1.807) is 0 Å². The van der Waals surface area contributed by atoms with Crippen molar-refractivity contribution in [3.05, 3.63) is 0 Å². The molecule has 1 aliphatic heterocycles. The van der Waals surface area contributed by atoms with Crippen LogP contribution in [0, 0.1) is 5.92 Å². The van der Waals surface area contributed by atoms with Gasteiger partial charge in [-0.3, -0.25) is 4.79 Å². The zero-order valence-corrected chi connectivity index (χ0v) is 11.9. The molecule has 1 saturated heterocycles. The van der Waals surface area contributed by atoms with E-state index in [1.165, 1.54) is 7.11 Å². The monoisotopic (exact) mass is 258 g/mol. The third kappa shape index (κ3) is 4.92. The average Bonchev–Trinajstić information content (AvgIpc) is 2.36. The van der Waals surface area contributed by atoms with E-state index in [9.17, 15) is 4.79 Å². The smallest absolute Gasteiger partial charge is 0.323 e. The van der Waals surface area contributed by atoms with Crippen LogP contribution in [0.5, 0.6) is 0 Å². The van der Waals surface area contributed by atoms with E-state index < -0.39 is 0 Å². The van der Waals surface area contributed by atoms with Crippen molar-refractivity contribution in [3.63, 3.8) is 0 Å². The molecule has 1 rings (SSSR count). The van der Waals surface area contributed by atoms with Crippen LogP contribution in [-0.2, 0) is 14.3 Å². The van der Waals surface area contributed by atoms with E-state index in [4.69, 9.17) is 9.47 Å². The lowest BCUT2D eigenvalue weighted by Crippen LogP contribution is -2.50. The molecule has 0 spiro atoms. The molecular weight excluding hydrogens is 232 g/mol. The molecule has 0 aromatic carbocycles. The highest BCUT2D eigenvalue weighted by molar-refractivity contribution is 5.75. The predicted octanol–water partition coefficient (Wildman–Crippen LogP) is 0.541. The van der Waals surface area contributed by atoms with E-state index in [0.29, 0.717) is 6.04 Å². The van der Waals surface area contributed by atoms with Crippen molar-refractivity contribution in [2.45, 2.75) is 45.3 Å². The fourth-order valence-corrected chi connectivity index (χ4v) is 2.23. The Labute approximate surface area is 110 Å². The van der Waals surface area contributed by atoms with Gasteiger partial charge < -0.3 is 20.1 Å². The first-order chi connectivity index (χ1) is 8.54. The molecule has 0 aromatic heterocycles. The summed E-state index contributed by atoms with van der Waals surface area (Å²) in [5, 5.41) is 6.76. The van der Waals surface area contributed by atoms with Crippen molar-refractivity contribution in [2.75, 3.05) is 26.9 Å². The predicted molar refractivity (Wildman–Crippen MR) is 70.5 cm³/mol. The molecule has 1 aliphatic rings. The fraction of sp³-hybridized carbons (Fsp3) is 0.923. The highest BCUT2D eigenvalue weighted by Gasteiger charge is 2.25. The second kappa shape index (κ2) is 7.71. The molecule has 5 nitrogen and oxygen atoms in total. The molecule has 0 bridgehead atoms. The number of morpholine rings is 1. The molecule has 106 valence electrons. The van der Waals surface area contributed by atoms with Gasteiger partial charge in [0.25, 0.3) is 0 Å². The zero-order chi connectivity index (χ0) is 13.5. The lowest BCUT2D eigenvalue weighted by atomic mass is 10.0. The molecule has 1 heterocycles. The number of hydrogen-bond acceptors (Lipinski definition) is 5. The standard InChI is InChI=1S/C13H26N2O3/c1-9(2)12(13(16)17-4)15-10(3)7-11-8-18-6-5-14-11/h9-12,14-15H,5-8H2,1-4H3. The number of nitrogens with one attached hydrogen (secondary N) is 2. The molecule has 3 unspecified atom stereocenters. The van der Waals surface area contributed by atoms with Crippen LogP contribution < -0.4 is 10.6 Å². The van der Waals surface area contributed by atoms with Gasteiger partial charge in [0.1, 0.15) is 6.04 Å². The normalized spacial score (nSPS) is 23.7. The molecule has 0 saturated carbocycles. The Bertz CT molecular complexity index is 253. The van der Waals surface area contributed by atoms with Crippen LogP contribution in [0.2, 0.25) is 0 Å². The van der Waals surface area contributed by atoms with Gasteiger partial charge in [0.15, 0.2) is 0 Å². The van der Waals surface area contributed by atoms with Gasteiger partial charge in [-0.05, 0) is 19.3 Å². The summed E-state index contributed by atoms with van der Waals surface area (Å²) in [6.07, 6.45) is 0.945. The van der Waals surface area contributed by atoms with E-state index in [0.717, 1.165) is 26.2 Å². The maximum atomic E-state index is 11.7. The number of esters is 1. The number of carbonyl (C=O) groups is 1. The summed E-state index contributed by atoms with van der Waals surface area (Å²) in [5.74, 6) is 0.0279. The van der Waals surface area contributed by atoms with Gasteiger partial charge in [0.2, 0.25) is 0 Å². The van der Waals surface area contributed by atoms with Crippen molar-refractivity contribution in [1.82, 2.24) is 10.6 Å². The second-order valence-electron chi connectivity index (χ2n) is 5.27. The van der Waals surface area contributed by atoms with Crippen LogP contribution in [0.25, 0.3) is 0 Å². The lowest BCUT2D eigenvalue weighted by molar-refractivity contribution is -0.144. The van der Waals surface area contributed by atoms with Crippen molar-refractivity contribution < 1.29 is 14.3 Å².